The highest BCUT2D eigenvalue weighted by atomic mass is 32.1. The molecule has 0 aliphatic heterocycles. The van der Waals surface area contributed by atoms with E-state index in [0.29, 0.717) is 5.92 Å². The normalized spacial score (nSPS) is 12.2. The molecule has 0 amide bonds. The molecule has 20 heavy (non-hydrogen) atoms. The molecular formula is C16H21NO2S. The molecule has 0 radical (unpaired) electrons. The zero-order valence-electron chi connectivity index (χ0n) is 12.2. The van der Waals surface area contributed by atoms with E-state index in [1.165, 1.54) is 10.4 Å². The average molecular weight is 291 g/mol. The Hall–Kier alpha value is -1.52. The van der Waals surface area contributed by atoms with Gasteiger partial charge in [-0.2, -0.15) is 0 Å². The maximum atomic E-state index is 5.38. The van der Waals surface area contributed by atoms with Gasteiger partial charge >= 0.3 is 0 Å². The molecule has 4 heteroatoms. The maximum absolute atomic E-state index is 5.38. The van der Waals surface area contributed by atoms with E-state index in [9.17, 15) is 0 Å². The van der Waals surface area contributed by atoms with E-state index in [1.54, 1.807) is 25.6 Å². The summed E-state index contributed by atoms with van der Waals surface area (Å²) in [5.41, 5.74) is 1.24. The van der Waals surface area contributed by atoms with Crippen LogP contribution < -0.4 is 14.8 Å². The summed E-state index contributed by atoms with van der Waals surface area (Å²) >= 11 is 1.79. The largest absolute Gasteiger partial charge is 0.497 e. The Morgan fingerprint density at radius 1 is 1.15 bits per heavy atom. The molecule has 2 aromatic rings. The monoisotopic (exact) mass is 291 g/mol. The summed E-state index contributed by atoms with van der Waals surface area (Å²) in [6.07, 6.45) is 1.05. The summed E-state index contributed by atoms with van der Waals surface area (Å²) in [5, 5.41) is 5.35. The van der Waals surface area contributed by atoms with E-state index in [-0.39, 0.29) is 0 Å². The SMILES string of the molecule is CNCCC(c1cc(OC)cc(OC)c1)c1cccs1. The van der Waals surface area contributed by atoms with Crippen molar-refractivity contribution < 1.29 is 9.47 Å². The summed E-state index contributed by atoms with van der Waals surface area (Å²) in [6.45, 7) is 0.974. The molecule has 1 unspecified atom stereocenters. The van der Waals surface area contributed by atoms with Crippen molar-refractivity contribution in [2.45, 2.75) is 12.3 Å². The number of hydrogen-bond donors (Lipinski definition) is 1. The lowest BCUT2D eigenvalue weighted by Gasteiger charge is -2.18. The third-order valence-corrected chi connectivity index (χ3v) is 4.33. The smallest absolute Gasteiger partial charge is 0.122 e. The predicted molar refractivity (Wildman–Crippen MR) is 84.3 cm³/mol. The van der Waals surface area contributed by atoms with E-state index < -0.39 is 0 Å². The molecule has 2 rings (SSSR count). The first-order valence-electron chi connectivity index (χ1n) is 6.69. The van der Waals surface area contributed by atoms with Crippen molar-refractivity contribution >= 4 is 11.3 Å². The fraction of sp³-hybridized carbons (Fsp3) is 0.375. The average Bonchev–Trinajstić information content (AvgIpc) is 3.01. The quantitative estimate of drug-likeness (QED) is 0.847. The minimum Gasteiger partial charge on any atom is -0.497 e. The highest BCUT2D eigenvalue weighted by Crippen LogP contribution is 2.35. The van der Waals surface area contributed by atoms with Gasteiger partial charge in [0.2, 0.25) is 0 Å². The van der Waals surface area contributed by atoms with Gasteiger partial charge in [0, 0.05) is 16.9 Å². The van der Waals surface area contributed by atoms with Crippen molar-refractivity contribution in [3.63, 3.8) is 0 Å². The zero-order valence-corrected chi connectivity index (χ0v) is 13.0. The van der Waals surface area contributed by atoms with E-state index in [4.69, 9.17) is 9.47 Å². The lowest BCUT2D eigenvalue weighted by atomic mass is 9.93. The minimum atomic E-state index is 0.367. The fourth-order valence-corrected chi connectivity index (χ4v) is 3.17. The Labute approximate surface area is 124 Å². The molecule has 3 nitrogen and oxygen atoms in total. The van der Waals surface area contributed by atoms with E-state index in [0.717, 1.165) is 24.5 Å². The van der Waals surface area contributed by atoms with Gasteiger partial charge in [0.25, 0.3) is 0 Å². The second kappa shape index (κ2) is 7.31. The second-order valence-corrected chi connectivity index (χ2v) is 5.59. The van der Waals surface area contributed by atoms with Crippen LogP contribution >= 0.6 is 11.3 Å². The fourth-order valence-electron chi connectivity index (χ4n) is 2.28. The molecule has 1 atom stereocenters. The summed E-state index contributed by atoms with van der Waals surface area (Å²) < 4.78 is 10.8. The topological polar surface area (TPSA) is 30.5 Å². The molecule has 0 fully saturated rings. The third-order valence-electron chi connectivity index (χ3n) is 3.35. The molecule has 0 saturated heterocycles. The van der Waals surface area contributed by atoms with Crippen molar-refractivity contribution in [3.05, 3.63) is 46.2 Å². The summed E-state index contributed by atoms with van der Waals surface area (Å²) in [4.78, 5) is 1.37. The molecule has 0 bridgehead atoms. The zero-order chi connectivity index (χ0) is 14.4. The second-order valence-electron chi connectivity index (χ2n) is 4.61. The van der Waals surface area contributed by atoms with E-state index >= 15 is 0 Å². The summed E-state index contributed by atoms with van der Waals surface area (Å²) in [7, 11) is 5.36. The van der Waals surface area contributed by atoms with Crippen LogP contribution in [-0.4, -0.2) is 27.8 Å². The first-order chi connectivity index (χ1) is 9.78. The number of thiophene rings is 1. The molecule has 0 spiro atoms. The van der Waals surface area contributed by atoms with Crippen LogP contribution in [0.15, 0.2) is 35.7 Å². The number of rotatable bonds is 7. The lowest BCUT2D eigenvalue weighted by molar-refractivity contribution is 0.393. The number of ether oxygens (including phenoxy) is 2. The summed E-state index contributed by atoms with van der Waals surface area (Å²) in [6, 6.07) is 10.4. The lowest BCUT2D eigenvalue weighted by Crippen LogP contribution is -2.12. The highest BCUT2D eigenvalue weighted by Gasteiger charge is 2.17. The summed E-state index contributed by atoms with van der Waals surface area (Å²) in [5.74, 6) is 2.04. The molecule has 1 aromatic carbocycles. The highest BCUT2D eigenvalue weighted by molar-refractivity contribution is 7.10. The van der Waals surface area contributed by atoms with Gasteiger partial charge in [0.15, 0.2) is 0 Å². The Bertz CT molecular complexity index is 503. The van der Waals surface area contributed by atoms with Crippen LogP contribution in [0, 0.1) is 0 Å². The van der Waals surface area contributed by atoms with Crippen LogP contribution in [0.4, 0.5) is 0 Å². The Morgan fingerprint density at radius 2 is 1.85 bits per heavy atom. The van der Waals surface area contributed by atoms with Gasteiger partial charge in [-0.15, -0.1) is 11.3 Å². The maximum Gasteiger partial charge on any atom is 0.122 e. The predicted octanol–water partition coefficient (Wildman–Crippen LogP) is 3.51. The third kappa shape index (κ3) is 3.52. The van der Waals surface area contributed by atoms with E-state index in [1.807, 2.05) is 13.1 Å². The van der Waals surface area contributed by atoms with Crippen molar-refractivity contribution in [1.29, 1.82) is 0 Å². The van der Waals surface area contributed by atoms with E-state index in [2.05, 4.69) is 35.0 Å². The van der Waals surface area contributed by atoms with Crippen LogP contribution in [-0.2, 0) is 0 Å². The number of methoxy groups -OCH3 is 2. The molecule has 108 valence electrons. The molecule has 0 saturated carbocycles. The molecule has 0 aliphatic rings. The number of hydrogen-bond acceptors (Lipinski definition) is 4. The Balaban J connectivity index is 2.37. The molecular weight excluding hydrogens is 270 g/mol. The van der Waals surface area contributed by atoms with Crippen LogP contribution in [0.2, 0.25) is 0 Å². The number of benzene rings is 1. The van der Waals surface area contributed by atoms with Gasteiger partial charge in [-0.25, -0.2) is 0 Å². The minimum absolute atomic E-state index is 0.367. The van der Waals surface area contributed by atoms with Gasteiger partial charge in [-0.05, 0) is 49.2 Å². The number of nitrogens with one attached hydrogen (secondary N) is 1. The van der Waals surface area contributed by atoms with Crippen molar-refractivity contribution in [2.75, 3.05) is 27.8 Å². The van der Waals surface area contributed by atoms with Crippen LogP contribution in [0.1, 0.15) is 22.8 Å². The van der Waals surface area contributed by atoms with Gasteiger partial charge in [0.1, 0.15) is 11.5 Å². The van der Waals surface area contributed by atoms with Crippen molar-refractivity contribution in [2.24, 2.45) is 0 Å². The van der Waals surface area contributed by atoms with Gasteiger partial charge in [0.05, 0.1) is 14.2 Å². The molecule has 1 aromatic heterocycles. The standard InChI is InChI=1S/C16H21NO2S/c1-17-7-6-15(16-5-4-8-20-16)12-9-13(18-2)11-14(10-12)19-3/h4-5,8-11,15,17H,6-7H2,1-3H3. The van der Waals surface area contributed by atoms with Gasteiger partial charge in [-0.1, -0.05) is 6.07 Å². The van der Waals surface area contributed by atoms with Crippen molar-refractivity contribution in [1.82, 2.24) is 5.32 Å². The van der Waals surface area contributed by atoms with Crippen LogP contribution in [0.25, 0.3) is 0 Å². The Kier molecular flexibility index (Phi) is 5.44. The van der Waals surface area contributed by atoms with Crippen LogP contribution in [0.3, 0.4) is 0 Å². The first kappa shape index (κ1) is 14.9. The molecule has 1 heterocycles. The molecule has 1 N–H and O–H groups in total. The van der Waals surface area contributed by atoms with Crippen molar-refractivity contribution in [3.8, 4) is 11.5 Å². The first-order valence-corrected chi connectivity index (χ1v) is 7.57. The van der Waals surface area contributed by atoms with Gasteiger partial charge < -0.3 is 14.8 Å². The Morgan fingerprint density at radius 3 is 2.35 bits per heavy atom. The van der Waals surface area contributed by atoms with Crippen LogP contribution in [0.5, 0.6) is 11.5 Å². The van der Waals surface area contributed by atoms with Gasteiger partial charge in [-0.3, -0.25) is 0 Å². The molecule has 0 aliphatic carbocycles.